The minimum atomic E-state index is -0.0747. The average Bonchev–Trinajstić information content (AvgIpc) is 3.27. The van der Waals surface area contributed by atoms with Crippen LogP contribution in [0.2, 0.25) is 5.02 Å². The van der Waals surface area contributed by atoms with Gasteiger partial charge in [-0.15, -0.1) is 0 Å². The monoisotopic (exact) mass is 519 g/mol. The molecule has 0 spiro atoms. The molecule has 37 heavy (non-hydrogen) atoms. The van der Waals surface area contributed by atoms with Crippen molar-refractivity contribution in [3.05, 3.63) is 76.1 Å². The zero-order valence-corrected chi connectivity index (χ0v) is 21.8. The minimum Gasteiger partial charge on any atom is -0.493 e. The van der Waals surface area contributed by atoms with Crippen LogP contribution in [0.5, 0.6) is 17.2 Å². The third-order valence-electron chi connectivity index (χ3n) is 7.28. The lowest BCUT2D eigenvalue weighted by molar-refractivity contribution is 0.276. The number of anilines is 1. The lowest BCUT2D eigenvalue weighted by Gasteiger charge is -2.40. The van der Waals surface area contributed by atoms with Crippen molar-refractivity contribution < 1.29 is 14.2 Å². The molecule has 1 N–H and O–H groups in total. The molecule has 1 atom stereocenters. The van der Waals surface area contributed by atoms with Crippen LogP contribution in [0.1, 0.15) is 28.4 Å². The summed E-state index contributed by atoms with van der Waals surface area (Å²) >= 11 is 6.11. The molecule has 0 saturated carbocycles. The fraction of sp³-hybridized carbons (Fsp3) is 0.357. The van der Waals surface area contributed by atoms with Crippen LogP contribution in [0.3, 0.4) is 0 Å². The van der Waals surface area contributed by atoms with Crippen molar-refractivity contribution in [1.82, 2.24) is 19.9 Å². The maximum absolute atomic E-state index is 6.37. The summed E-state index contributed by atoms with van der Waals surface area (Å²) in [6.45, 7) is 3.10. The molecule has 9 heteroatoms. The van der Waals surface area contributed by atoms with E-state index in [0.717, 1.165) is 73.1 Å². The van der Waals surface area contributed by atoms with Gasteiger partial charge in [-0.2, -0.15) is 9.61 Å². The van der Waals surface area contributed by atoms with Crippen molar-refractivity contribution >= 4 is 23.1 Å². The molecular formula is C28H30ClN5O3. The molecule has 192 valence electrons. The fourth-order valence-corrected chi connectivity index (χ4v) is 5.60. The molecule has 0 saturated heterocycles. The smallest absolute Gasteiger partial charge is 0.161 e. The summed E-state index contributed by atoms with van der Waals surface area (Å²) < 4.78 is 19.7. The van der Waals surface area contributed by atoms with Gasteiger partial charge in [-0.25, -0.2) is 4.98 Å². The molecule has 0 bridgehead atoms. The number of fused-ring (bicyclic) bond motifs is 3. The number of benzene rings is 2. The van der Waals surface area contributed by atoms with Crippen LogP contribution in [0, 0.1) is 0 Å². The van der Waals surface area contributed by atoms with Crippen molar-refractivity contribution in [3.8, 4) is 17.2 Å². The van der Waals surface area contributed by atoms with Crippen molar-refractivity contribution in [2.75, 3.05) is 45.4 Å². The number of halogens is 1. The van der Waals surface area contributed by atoms with Crippen molar-refractivity contribution in [2.45, 2.75) is 25.3 Å². The Kier molecular flexibility index (Phi) is 6.52. The Morgan fingerprint density at radius 2 is 1.78 bits per heavy atom. The fourth-order valence-electron chi connectivity index (χ4n) is 5.48. The largest absolute Gasteiger partial charge is 0.493 e. The van der Waals surface area contributed by atoms with Gasteiger partial charge in [0.2, 0.25) is 0 Å². The van der Waals surface area contributed by atoms with E-state index in [-0.39, 0.29) is 6.04 Å². The molecule has 8 nitrogen and oxygen atoms in total. The predicted octanol–water partition coefficient (Wildman–Crippen LogP) is 4.27. The zero-order valence-electron chi connectivity index (χ0n) is 21.0. The van der Waals surface area contributed by atoms with Crippen molar-refractivity contribution in [1.29, 1.82) is 0 Å². The van der Waals surface area contributed by atoms with E-state index in [9.17, 15) is 0 Å². The van der Waals surface area contributed by atoms with E-state index in [0.29, 0.717) is 17.4 Å². The summed E-state index contributed by atoms with van der Waals surface area (Å²) in [5.41, 5.74) is 5.66. The second-order valence-corrected chi connectivity index (χ2v) is 9.78. The van der Waals surface area contributed by atoms with Crippen LogP contribution in [-0.4, -0.2) is 55.1 Å². The Bertz CT molecular complexity index is 1420. The highest BCUT2D eigenvalue weighted by Gasteiger charge is 2.34. The van der Waals surface area contributed by atoms with Crippen LogP contribution in [0.15, 0.2) is 48.7 Å². The lowest BCUT2D eigenvalue weighted by atomic mass is 9.91. The second-order valence-electron chi connectivity index (χ2n) is 9.34. The Morgan fingerprint density at radius 3 is 2.59 bits per heavy atom. The number of nitrogens with zero attached hydrogens (tertiary/aromatic N) is 4. The van der Waals surface area contributed by atoms with E-state index in [1.54, 1.807) is 14.2 Å². The Morgan fingerprint density at radius 1 is 1.00 bits per heavy atom. The summed E-state index contributed by atoms with van der Waals surface area (Å²) in [6.07, 6.45) is 4.48. The highest BCUT2D eigenvalue weighted by molar-refractivity contribution is 6.30. The first-order valence-electron chi connectivity index (χ1n) is 12.6. The highest BCUT2D eigenvalue weighted by atomic mass is 35.5. The van der Waals surface area contributed by atoms with E-state index < -0.39 is 0 Å². The van der Waals surface area contributed by atoms with Crippen LogP contribution in [0.25, 0.3) is 5.65 Å². The number of ether oxygens (including phenoxy) is 3. The predicted molar refractivity (Wildman–Crippen MR) is 144 cm³/mol. The summed E-state index contributed by atoms with van der Waals surface area (Å²) in [6, 6.07) is 13.6. The second kappa shape index (κ2) is 10.1. The molecule has 0 fully saturated rings. The zero-order chi connectivity index (χ0) is 25.4. The van der Waals surface area contributed by atoms with Gasteiger partial charge in [0.25, 0.3) is 0 Å². The van der Waals surface area contributed by atoms with Crippen LogP contribution >= 0.6 is 11.6 Å². The minimum absolute atomic E-state index is 0.0747. The van der Waals surface area contributed by atoms with Crippen LogP contribution in [-0.2, 0) is 19.3 Å². The van der Waals surface area contributed by atoms with E-state index in [1.165, 1.54) is 11.1 Å². The molecule has 1 unspecified atom stereocenters. The van der Waals surface area contributed by atoms with E-state index in [2.05, 4.69) is 22.3 Å². The highest BCUT2D eigenvalue weighted by Crippen LogP contribution is 2.41. The summed E-state index contributed by atoms with van der Waals surface area (Å²) in [4.78, 5) is 7.41. The molecule has 6 rings (SSSR count). The van der Waals surface area contributed by atoms with Crippen LogP contribution in [0.4, 0.5) is 5.82 Å². The van der Waals surface area contributed by atoms with Gasteiger partial charge >= 0.3 is 0 Å². The molecule has 2 aromatic heterocycles. The summed E-state index contributed by atoms with van der Waals surface area (Å²) in [7, 11) is 3.35. The molecule has 2 aliphatic heterocycles. The number of hydrogen-bond acceptors (Lipinski definition) is 7. The molecule has 2 aliphatic rings. The Labute approximate surface area is 221 Å². The van der Waals surface area contributed by atoms with E-state index in [1.807, 2.05) is 41.0 Å². The van der Waals surface area contributed by atoms with Crippen molar-refractivity contribution in [2.24, 2.45) is 0 Å². The average molecular weight is 520 g/mol. The standard InChI is InChI=1S/C28H30ClN5O3/c1-35-25-15-18-10-14-33(28-21-7-11-30-12-8-23(21)32-27-9-13-31-34(27)28)24(22(18)16-26(25)36-2)17-37-20-5-3-19(29)4-6-20/h3-6,9,13,15-16,24,30H,7-8,10-12,14,17H2,1-2H3. The molecule has 0 amide bonds. The maximum Gasteiger partial charge on any atom is 0.161 e. The SMILES string of the molecule is COc1cc2c(cc1OC)C(COc1ccc(Cl)cc1)N(c1c3c(nc4ccnn14)CCNCC3)CC2. The topological polar surface area (TPSA) is 73.2 Å². The van der Waals surface area contributed by atoms with Gasteiger partial charge in [-0.05, 0) is 66.9 Å². The maximum atomic E-state index is 6.37. The quantitative estimate of drug-likeness (QED) is 0.408. The summed E-state index contributed by atoms with van der Waals surface area (Å²) in [5.74, 6) is 3.32. The van der Waals surface area contributed by atoms with Crippen molar-refractivity contribution in [3.63, 3.8) is 0 Å². The van der Waals surface area contributed by atoms with Crippen LogP contribution < -0.4 is 24.4 Å². The number of aromatic nitrogens is 3. The van der Waals surface area contributed by atoms with Gasteiger partial charge in [0.15, 0.2) is 17.1 Å². The molecular weight excluding hydrogens is 490 g/mol. The normalized spacial score (nSPS) is 17.2. The third-order valence-corrected chi connectivity index (χ3v) is 7.53. The Balaban J connectivity index is 1.48. The first-order valence-corrected chi connectivity index (χ1v) is 13.0. The third kappa shape index (κ3) is 4.45. The molecule has 4 heterocycles. The summed E-state index contributed by atoms with van der Waals surface area (Å²) in [5, 5.41) is 8.91. The first kappa shape index (κ1) is 23.9. The number of hydrogen-bond donors (Lipinski definition) is 1. The lowest BCUT2D eigenvalue weighted by Crippen LogP contribution is -2.40. The van der Waals surface area contributed by atoms with E-state index >= 15 is 0 Å². The molecule has 4 aromatic rings. The number of rotatable bonds is 6. The number of nitrogens with one attached hydrogen (secondary N) is 1. The van der Waals surface area contributed by atoms with E-state index in [4.69, 9.17) is 35.9 Å². The molecule has 0 aliphatic carbocycles. The molecule has 0 radical (unpaired) electrons. The van der Waals surface area contributed by atoms with Gasteiger partial charge in [-0.1, -0.05) is 11.6 Å². The first-order chi connectivity index (χ1) is 18.2. The van der Waals surface area contributed by atoms with Gasteiger partial charge in [0.05, 0.1) is 32.2 Å². The van der Waals surface area contributed by atoms with Gasteiger partial charge in [-0.3, -0.25) is 0 Å². The van der Waals surface area contributed by atoms with Gasteiger partial charge in [0.1, 0.15) is 18.2 Å². The Hall–Kier alpha value is -3.49. The number of methoxy groups -OCH3 is 2. The van der Waals surface area contributed by atoms with Gasteiger partial charge in [0, 0.05) is 36.2 Å². The molecule has 2 aromatic carbocycles. The van der Waals surface area contributed by atoms with Gasteiger partial charge < -0.3 is 24.4 Å².